The number of hydrogen-bond donors (Lipinski definition) is 2. The lowest BCUT2D eigenvalue weighted by atomic mass is 10.1. The van der Waals surface area contributed by atoms with Crippen molar-refractivity contribution >= 4 is 17.3 Å². The molecule has 0 aliphatic heterocycles. The Morgan fingerprint density at radius 3 is 2.62 bits per heavy atom. The van der Waals surface area contributed by atoms with E-state index in [-0.39, 0.29) is 16.9 Å². The van der Waals surface area contributed by atoms with Gasteiger partial charge < -0.3 is 15.8 Å². The molecule has 0 unspecified atom stereocenters. The number of carbonyl (C=O) groups excluding carboxylic acids is 1. The van der Waals surface area contributed by atoms with Gasteiger partial charge in [-0.15, -0.1) is 0 Å². The Labute approximate surface area is 120 Å². The molecule has 0 aromatic heterocycles. The second-order valence-electron chi connectivity index (χ2n) is 4.46. The highest BCUT2D eigenvalue weighted by atomic mass is 19.2. The highest BCUT2D eigenvalue weighted by molar-refractivity contribution is 6.06. The smallest absolute Gasteiger partial charge is 0.255 e. The van der Waals surface area contributed by atoms with Crippen LogP contribution in [-0.2, 0) is 0 Å². The van der Waals surface area contributed by atoms with Crippen LogP contribution in [0.5, 0.6) is 5.75 Å². The van der Waals surface area contributed by atoms with Crippen molar-refractivity contribution in [3.63, 3.8) is 0 Å². The third kappa shape index (κ3) is 2.94. The first-order valence-corrected chi connectivity index (χ1v) is 6.13. The number of nitrogens with one attached hydrogen (secondary N) is 1. The molecule has 2 aromatic rings. The zero-order chi connectivity index (χ0) is 15.6. The van der Waals surface area contributed by atoms with E-state index in [4.69, 9.17) is 10.5 Å². The van der Waals surface area contributed by atoms with Gasteiger partial charge in [-0.2, -0.15) is 0 Å². The fourth-order valence-corrected chi connectivity index (χ4v) is 1.84. The summed E-state index contributed by atoms with van der Waals surface area (Å²) in [7, 11) is 1.48. The van der Waals surface area contributed by atoms with E-state index in [9.17, 15) is 13.6 Å². The van der Waals surface area contributed by atoms with E-state index < -0.39 is 17.5 Å². The molecule has 0 saturated heterocycles. The summed E-state index contributed by atoms with van der Waals surface area (Å²) in [5.74, 6) is -2.36. The van der Waals surface area contributed by atoms with Crippen LogP contribution in [-0.4, -0.2) is 13.0 Å². The van der Waals surface area contributed by atoms with Crippen LogP contribution in [0, 0.1) is 18.6 Å². The van der Waals surface area contributed by atoms with Crippen molar-refractivity contribution in [2.24, 2.45) is 0 Å². The summed E-state index contributed by atoms with van der Waals surface area (Å²) in [5.41, 5.74) is 6.22. The van der Waals surface area contributed by atoms with E-state index in [1.807, 2.05) is 6.92 Å². The van der Waals surface area contributed by atoms with Crippen molar-refractivity contribution in [3.05, 3.63) is 53.1 Å². The number of aryl methyl sites for hydroxylation is 1. The number of carbonyl (C=O) groups is 1. The predicted octanol–water partition coefficient (Wildman–Crippen LogP) is 3.12. The molecule has 0 heterocycles. The highest BCUT2D eigenvalue weighted by Gasteiger charge is 2.16. The Morgan fingerprint density at radius 1 is 1.24 bits per heavy atom. The van der Waals surface area contributed by atoms with Crippen molar-refractivity contribution in [1.29, 1.82) is 0 Å². The zero-order valence-corrected chi connectivity index (χ0v) is 11.5. The van der Waals surface area contributed by atoms with Gasteiger partial charge in [0.15, 0.2) is 11.6 Å². The quantitative estimate of drug-likeness (QED) is 0.854. The summed E-state index contributed by atoms with van der Waals surface area (Å²) in [5, 5.41) is 2.27. The first-order chi connectivity index (χ1) is 9.93. The lowest BCUT2D eigenvalue weighted by Crippen LogP contribution is -2.15. The molecule has 0 atom stereocenters. The minimum Gasteiger partial charge on any atom is -0.496 e. The second kappa shape index (κ2) is 5.78. The molecule has 3 N–H and O–H groups in total. The molecule has 0 aliphatic carbocycles. The maximum Gasteiger partial charge on any atom is 0.255 e. The normalized spacial score (nSPS) is 10.3. The molecule has 21 heavy (non-hydrogen) atoms. The number of halogens is 2. The van der Waals surface area contributed by atoms with Crippen LogP contribution in [0.4, 0.5) is 20.2 Å². The molecule has 0 fully saturated rings. The molecule has 110 valence electrons. The van der Waals surface area contributed by atoms with Crippen molar-refractivity contribution in [2.45, 2.75) is 6.92 Å². The number of ether oxygens (including phenoxy) is 1. The highest BCUT2D eigenvalue weighted by Crippen LogP contribution is 2.26. The average molecular weight is 292 g/mol. The number of amides is 1. The second-order valence-corrected chi connectivity index (χ2v) is 4.46. The van der Waals surface area contributed by atoms with Crippen LogP contribution in [0.15, 0.2) is 30.3 Å². The largest absolute Gasteiger partial charge is 0.496 e. The van der Waals surface area contributed by atoms with Crippen LogP contribution in [0.1, 0.15) is 15.9 Å². The van der Waals surface area contributed by atoms with Crippen molar-refractivity contribution < 1.29 is 18.3 Å². The monoisotopic (exact) mass is 292 g/mol. The van der Waals surface area contributed by atoms with Gasteiger partial charge in [-0.25, -0.2) is 8.78 Å². The Balaban J connectivity index is 2.33. The van der Waals surface area contributed by atoms with Crippen LogP contribution < -0.4 is 15.8 Å². The molecule has 1 amide bonds. The minimum absolute atomic E-state index is 0.0543. The van der Waals surface area contributed by atoms with Gasteiger partial charge in [0.2, 0.25) is 0 Å². The number of rotatable bonds is 3. The summed E-state index contributed by atoms with van der Waals surface area (Å²) in [6.07, 6.45) is 0. The van der Waals surface area contributed by atoms with Gasteiger partial charge in [0.05, 0.1) is 12.8 Å². The lowest BCUT2D eigenvalue weighted by Gasteiger charge is -2.11. The number of methoxy groups -OCH3 is 1. The van der Waals surface area contributed by atoms with Crippen LogP contribution in [0.2, 0.25) is 0 Å². The van der Waals surface area contributed by atoms with Crippen LogP contribution in [0.3, 0.4) is 0 Å². The van der Waals surface area contributed by atoms with Crippen molar-refractivity contribution in [3.8, 4) is 5.75 Å². The first-order valence-electron chi connectivity index (χ1n) is 6.13. The molecule has 0 aliphatic rings. The number of nitrogens with two attached hydrogens (primary N) is 1. The molecule has 0 saturated carbocycles. The molecule has 0 bridgehead atoms. The summed E-state index contributed by atoms with van der Waals surface area (Å²) >= 11 is 0. The first kappa shape index (κ1) is 14.8. The summed E-state index contributed by atoms with van der Waals surface area (Å²) in [6.45, 7) is 1.82. The molecule has 2 rings (SSSR count). The fraction of sp³-hybridized carbons (Fsp3) is 0.133. The SMILES string of the molecule is COc1cc(C(=O)Nc2c(N)ccc(F)c2F)ccc1C. The fourth-order valence-electron chi connectivity index (χ4n) is 1.84. The zero-order valence-electron chi connectivity index (χ0n) is 11.5. The van der Waals surface area contributed by atoms with E-state index in [2.05, 4.69) is 5.32 Å². The Hall–Kier alpha value is -2.63. The van der Waals surface area contributed by atoms with E-state index in [0.29, 0.717) is 5.75 Å². The van der Waals surface area contributed by atoms with Crippen LogP contribution in [0.25, 0.3) is 0 Å². The maximum atomic E-state index is 13.7. The van der Waals surface area contributed by atoms with Crippen LogP contribution >= 0.6 is 0 Å². The maximum absolute atomic E-state index is 13.7. The molecule has 2 aromatic carbocycles. The van der Waals surface area contributed by atoms with Gasteiger partial charge >= 0.3 is 0 Å². The average Bonchev–Trinajstić information content (AvgIpc) is 2.48. The number of hydrogen-bond acceptors (Lipinski definition) is 3. The third-order valence-corrected chi connectivity index (χ3v) is 3.04. The Morgan fingerprint density at radius 2 is 1.95 bits per heavy atom. The van der Waals surface area contributed by atoms with Gasteiger partial charge in [0.25, 0.3) is 5.91 Å². The van der Waals surface area contributed by atoms with Gasteiger partial charge in [-0.1, -0.05) is 6.07 Å². The molecule has 0 spiro atoms. The standard InChI is InChI=1S/C15H14F2N2O2/c1-8-3-4-9(7-12(8)21-2)15(20)19-14-11(18)6-5-10(16)13(14)17/h3-7H,18H2,1-2H3,(H,19,20). The topological polar surface area (TPSA) is 64.3 Å². The molecule has 0 radical (unpaired) electrons. The Bertz CT molecular complexity index is 702. The van der Waals surface area contributed by atoms with E-state index in [0.717, 1.165) is 11.6 Å². The number of anilines is 2. The van der Waals surface area contributed by atoms with E-state index in [1.165, 1.54) is 19.2 Å². The van der Waals surface area contributed by atoms with Gasteiger partial charge in [-0.3, -0.25) is 4.79 Å². The van der Waals surface area contributed by atoms with Gasteiger partial charge in [0.1, 0.15) is 11.4 Å². The van der Waals surface area contributed by atoms with Gasteiger partial charge in [-0.05, 0) is 36.8 Å². The van der Waals surface area contributed by atoms with Crippen molar-refractivity contribution in [2.75, 3.05) is 18.2 Å². The predicted molar refractivity (Wildman–Crippen MR) is 76.5 cm³/mol. The molecule has 6 heteroatoms. The number of benzene rings is 2. The molecular weight excluding hydrogens is 278 g/mol. The van der Waals surface area contributed by atoms with E-state index >= 15 is 0 Å². The third-order valence-electron chi connectivity index (χ3n) is 3.04. The summed E-state index contributed by atoms with van der Waals surface area (Å²) in [6, 6.07) is 6.84. The summed E-state index contributed by atoms with van der Waals surface area (Å²) < 4.78 is 31.9. The number of nitrogen functional groups attached to an aromatic ring is 1. The molecular formula is C15H14F2N2O2. The molecule has 4 nitrogen and oxygen atoms in total. The van der Waals surface area contributed by atoms with Crippen molar-refractivity contribution in [1.82, 2.24) is 0 Å². The minimum atomic E-state index is -1.19. The summed E-state index contributed by atoms with van der Waals surface area (Å²) in [4.78, 5) is 12.1. The lowest BCUT2D eigenvalue weighted by molar-refractivity contribution is 0.102. The van der Waals surface area contributed by atoms with Gasteiger partial charge in [0, 0.05) is 5.56 Å². The van der Waals surface area contributed by atoms with E-state index in [1.54, 1.807) is 12.1 Å². The Kier molecular flexibility index (Phi) is 4.07.